The van der Waals surface area contributed by atoms with Crippen LogP contribution in [0.2, 0.25) is 0 Å². The van der Waals surface area contributed by atoms with Crippen molar-refractivity contribution in [3.63, 3.8) is 0 Å². The molecule has 1 aromatic rings. The van der Waals surface area contributed by atoms with Crippen molar-refractivity contribution in [2.75, 3.05) is 6.26 Å². The quantitative estimate of drug-likeness (QED) is 0.810. The fourth-order valence-electron chi connectivity index (χ4n) is 1.40. The Morgan fingerprint density at radius 2 is 2.14 bits per heavy atom. The van der Waals surface area contributed by atoms with Crippen LogP contribution in [0.15, 0.2) is 16.5 Å². The minimum absolute atomic E-state index is 0.395. The summed E-state index contributed by atoms with van der Waals surface area (Å²) < 4.78 is 5.66. The molecule has 1 aliphatic carbocycles. The third-order valence-electron chi connectivity index (χ3n) is 2.69. The van der Waals surface area contributed by atoms with Crippen LogP contribution in [0.1, 0.15) is 31.3 Å². The van der Waals surface area contributed by atoms with Crippen LogP contribution < -0.4 is 5.32 Å². The summed E-state index contributed by atoms with van der Waals surface area (Å²) in [5.41, 5.74) is 0.395. The van der Waals surface area contributed by atoms with Crippen LogP contribution in [-0.2, 0) is 12.3 Å². The number of hydrogen-bond acceptors (Lipinski definition) is 3. The number of thioether (sulfide) groups is 1. The van der Waals surface area contributed by atoms with Gasteiger partial charge in [-0.25, -0.2) is 0 Å². The van der Waals surface area contributed by atoms with Gasteiger partial charge in [0.2, 0.25) is 0 Å². The van der Waals surface area contributed by atoms with E-state index in [-0.39, 0.29) is 0 Å². The minimum Gasteiger partial charge on any atom is -0.464 e. The summed E-state index contributed by atoms with van der Waals surface area (Å²) in [5.74, 6) is 3.11. The number of rotatable bonds is 5. The third-order valence-corrected chi connectivity index (χ3v) is 3.27. The van der Waals surface area contributed by atoms with Crippen LogP contribution in [0.25, 0.3) is 0 Å². The Bertz CT molecular complexity index is 304. The van der Waals surface area contributed by atoms with Crippen molar-refractivity contribution in [2.24, 2.45) is 0 Å². The molecular formula is C11H17NOS. The first-order valence-electron chi connectivity index (χ1n) is 5.03. The second kappa shape index (κ2) is 3.99. The van der Waals surface area contributed by atoms with Crippen LogP contribution in [-0.4, -0.2) is 11.8 Å². The SMILES string of the molecule is CSCc1ccc(CNC2(C)CC2)o1. The predicted octanol–water partition coefficient (Wildman–Crippen LogP) is 2.78. The fraction of sp³-hybridized carbons (Fsp3) is 0.636. The molecule has 0 aliphatic heterocycles. The molecule has 0 saturated heterocycles. The van der Waals surface area contributed by atoms with Crippen molar-refractivity contribution >= 4 is 11.8 Å². The zero-order valence-corrected chi connectivity index (χ0v) is 9.62. The van der Waals surface area contributed by atoms with E-state index in [1.165, 1.54) is 12.8 Å². The summed E-state index contributed by atoms with van der Waals surface area (Å²) in [5, 5.41) is 3.50. The molecule has 0 bridgehead atoms. The summed E-state index contributed by atoms with van der Waals surface area (Å²) >= 11 is 1.79. The van der Waals surface area contributed by atoms with Gasteiger partial charge in [0, 0.05) is 5.54 Å². The lowest BCUT2D eigenvalue weighted by Crippen LogP contribution is -2.26. The maximum atomic E-state index is 5.66. The number of furan rings is 1. The highest BCUT2D eigenvalue weighted by atomic mass is 32.2. The lowest BCUT2D eigenvalue weighted by molar-refractivity contribution is 0.432. The molecule has 3 heteroatoms. The largest absolute Gasteiger partial charge is 0.464 e. The molecule has 1 saturated carbocycles. The summed E-state index contributed by atoms with van der Waals surface area (Å²) in [7, 11) is 0. The Kier molecular flexibility index (Phi) is 2.88. The van der Waals surface area contributed by atoms with E-state index in [2.05, 4.69) is 30.6 Å². The van der Waals surface area contributed by atoms with Gasteiger partial charge in [-0.05, 0) is 38.2 Å². The first kappa shape index (κ1) is 10.1. The van der Waals surface area contributed by atoms with Crippen LogP contribution in [0.5, 0.6) is 0 Å². The molecule has 1 aromatic heterocycles. The van der Waals surface area contributed by atoms with Crippen molar-refractivity contribution in [1.82, 2.24) is 5.32 Å². The lowest BCUT2D eigenvalue weighted by Gasteiger charge is -2.08. The molecule has 1 N–H and O–H groups in total. The van der Waals surface area contributed by atoms with E-state index < -0.39 is 0 Å². The van der Waals surface area contributed by atoms with Gasteiger partial charge in [0.05, 0.1) is 12.3 Å². The Balaban J connectivity index is 1.83. The molecule has 14 heavy (non-hydrogen) atoms. The molecule has 0 atom stereocenters. The Hall–Kier alpha value is -0.410. The smallest absolute Gasteiger partial charge is 0.118 e. The van der Waals surface area contributed by atoms with E-state index in [1.54, 1.807) is 11.8 Å². The van der Waals surface area contributed by atoms with E-state index in [0.717, 1.165) is 23.8 Å². The maximum absolute atomic E-state index is 5.66. The van der Waals surface area contributed by atoms with E-state index >= 15 is 0 Å². The standard InChI is InChI=1S/C11H17NOS/c1-11(5-6-11)12-7-9-3-4-10(13-9)8-14-2/h3-4,12H,5-8H2,1-2H3. The summed E-state index contributed by atoms with van der Waals surface area (Å²) in [4.78, 5) is 0. The van der Waals surface area contributed by atoms with Gasteiger partial charge in [-0.15, -0.1) is 0 Å². The molecule has 0 amide bonds. The fourth-order valence-corrected chi connectivity index (χ4v) is 1.84. The zero-order chi connectivity index (χ0) is 10.0. The Morgan fingerprint density at radius 3 is 2.79 bits per heavy atom. The van der Waals surface area contributed by atoms with Crippen molar-refractivity contribution < 1.29 is 4.42 Å². The predicted molar refractivity (Wildman–Crippen MR) is 60.4 cm³/mol. The van der Waals surface area contributed by atoms with Crippen molar-refractivity contribution in [3.05, 3.63) is 23.7 Å². The third kappa shape index (κ3) is 2.55. The van der Waals surface area contributed by atoms with E-state index in [1.807, 2.05) is 0 Å². The lowest BCUT2D eigenvalue weighted by atomic mass is 10.3. The van der Waals surface area contributed by atoms with Gasteiger partial charge in [0.25, 0.3) is 0 Å². The molecule has 1 heterocycles. The highest BCUT2D eigenvalue weighted by Gasteiger charge is 2.36. The maximum Gasteiger partial charge on any atom is 0.118 e. The molecule has 2 rings (SSSR count). The molecule has 1 fully saturated rings. The first-order chi connectivity index (χ1) is 6.72. The molecule has 2 nitrogen and oxygen atoms in total. The second-order valence-corrected chi connectivity index (χ2v) is 5.08. The van der Waals surface area contributed by atoms with Gasteiger partial charge in [0.1, 0.15) is 11.5 Å². The summed E-state index contributed by atoms with van der Waals surface area (Å²) in [6.07, 6.45) is 4.68. The molecule has 1 aliphatic rings. The van der Waals surface area contributed by atoms with E-state index in [9.17, 15) is 0 Å². The second-order valence-electron chi connectivity index (χ2n) is 4.22. The summed E-state index contributed by atoms with van der Waals surface area (Å²) in [6.45, 7) is 3.13. The average molecular weight is 211 g/mol. The normalized spacial score (nSPS) is 18.4. The molecular weight excluding hydrogens is 194 g/mol. The Labute approximate surface area is 89.4 Å². The van der Waals surface area contributed by atoms with Crippen molar-refractivity contribution in [3.8, 4) is 0 Å². The van der Waals surface area contributed by atoms with Crippen LogP contribution >= 0.6 is 11.8 Å². The average Bonchev–Trinajstić information content (AvgIpc) is 2.74. The summed E-state index contributed by atoms with van der Waals surface area (Å²) in [6, 6.07) is 4.15. The minimum atomic E-state index is 0.395. The Morgan fingerprint density at radius 1 is 1.43 bits per heavy atom. The van der Waals surface area contributed by atoms with Crippen molar-refractivity contribution in [2.45, 2.75) is 37.6 Å². The van der Waals surface area contributed by atoms with Crippen LogP contribution in [0, 0.1) is 0 Å². The van der Waals surface area contributed by atoms with E-state index in [0.29, 0.717) is 5.54 Å². The van der Waals surface area contributed by atoms with Gasteiger partial charge < -0.3 is 9.73 Å². The van der Waals surface area contributed by atoms with E-state index in [4.69, 9.17) is 4.42 Å². The molecule has 0 unspecified atom stereocenters. The molecule has 0 radical (unpaired) electrons. The topological polar surface area (TPSA) is 25.2 Å². The van der Waals surface area contributed by atoms with Gasteiger partial charge in [-0.2, -0.15) is 11.8 Å². The monoisotopic (exact) mass is 211 g/mol. The number of nitrogens with one attached hydrogen (secondary N) is 1. The highest BCUT2D eigenvalue weighted by Crippen LogP contribution is 2.34. The zero-order valence-electron chi connectivity index (χ0n) is 8.80. The molecule has 78 valence electrons. The first-order valence-corrected chi connectivity index (χ1v) is 6.43. The molecule has 0 aromatic carbocycles. The number of hydrogen-bond donors (Lipinski definition) is 1. The van der Waals surface area contributed by atoms with Crippen LogP contribution in [0.4, 0.5) is 0 Å². The van der Waals surface area contributed by atoms with Crippen LogP contribution in [0.3, 0.4) is 0 Å². The van der Waals surface area contributed by atoms with Crippen molar-refractivity contribution in [1.29, 1.82) is 0 Å². The molecule has 0 spiro atoms. The highest BCUT2D eigenvalue weighted by molar-refractivity contribution is 7.97. The van der Waals surface area contributed by atoms with Gasteiger partial charge in [-0.3, -0.25) is 0 Å². The van der Waals surface area contributed by atoms with Gasteiger partial charge in [-0.1, -0.05) is 0 Å². The van der Waals surface area contributed by atoms with Gasteiger partial charge >= 0.3 is 0 Å². The van der Waals surface area contributed by atoms with Gasteiger partial charge in [0.15, 0.2) is 0 Å².